The lowest BCUT2D eigenvalue weighted by molar-refractivity contribution is -0.121. The summed E-state index contributed by atoms with van der Waals surface area (Å²) in [6.45, 7) is 5.66. The van der Waals surface area contributed by atoms with E-state index in [0.29, 0.717) is 12.4 Å². The second kappa shape index (κ2) is 10.0. The zero-order valence-electron chi connectivity index (χ0n) is 17.5. The van der Waals surface area contributed by atoms with Crippen LogP contribution in [-0.2, 0) is 24.5 Å². The monoisotopic (exact) mass is 443 g/mol. The summed E-state index contributed by atoms with van der Waals surface area (Å²) in [5.74, 6) is 0.443. The van der Waals surface area contributed by atoms with E-state index in [4.69, 9.17) is 4.74 Å². The lowest BCUT2D eigenvalue weighted by atomic mass is 9.96. The van der Waals surface area contributed by atoms with Gasteiger partial charge in [0.15, 0.2) is 0 Å². The summed E-state index contributed by atoms with van der Waals surface area (Å²) >= 11 is 1.56. The topological polar surface area (TPSA) is 72.3 Å². The lowest BCUT2D eigenvalue weighted by Gasteiger charge is -2.30. The number of carbonyl (C=O) groups is 1. The van der Waals surface area contributed by atoms with Crippen molar-refractivity contribution in [3.05, 3.63) is 58.6 Å². The quantitative estimate of drug-likeness (QED) is 0.571. The summed E-state index contributed by atoms with van der Waals surface area (Å²) in [5.41, 5.74) is 1.77. The molecule has 1 aromatic carbocycles. The molecule has 7 nitrogen and oxygen atoms in total. The molecule has 31 heavy (non-hydrogen) atoms. The van der Waals surface area contributed by atoms with Crippen LogP contribution in [0.15, 0.2) is 42.0 Å². The third kappa shape index (κ3) is 5.89. The molecule has 0 atom stereocenters. The number of halogens is 1. The molecule has 3 aromatic rings. The fourth-order valence-electron chi connectivity index (χ4n) is 3.59. The van der Waals surface area contributed by atoms with Gasteiger partial charge in [0.1, 0.15) is 23.2 Å². The smallest absolute Gasteiger partial charge is 0.227 e. The number of thiazole rings is 1. The van der Waals surface area contributed by atoms with Crippen LogP contribution in [-0.4, -0.2) is 38.7 Å². The van der Waals surface area contributed by atoms with Gasteiger partial charge < -0.3 is 10.1 Å². The van der Waals surface area contributed by atoms with Crippen LogP contribution in [0.2, 0.25) is 0 Å². The molecular weight excluding hydrogens is 417 g/mol. The Morgan fingerprint density at radius 2 is 2.06 bits per heavy atom. The van der Waals surface area contributed by atoms with Gasteiger partial charge in [0.25, 0.3) is 0 Å². The molecule has 0 unspecified atom stereocenters. The first-order valence-electron chi connectivity index (χ1n) is 10.5. The minimum Gasteiger partial charge on any atom is -0.486 e. The van der Waals surface area contributed by atoms with Gasteiger partial charge >= 0.3 is 0 Å². The molecule has 3 heterocycles. The first-order valence-corrected chi connectivity index (χ1v) is 11.3. The highest BCUT2D eigenvalue weighted by Crippen LogP contribution is 2.22. The van der Waals surface area contributed by atoms with E-state index in [1.165, 1.54) is 12.1 Å². The normalized spacial score (nSPS) is 15.2. The highest BCUT2D eigenvalue weighted by atomic mass is 32.1. The van der Waals surface area contributed by atoms with E-state index < -0.39 is 0 Å². The van der Waals surface area contributed by atoms with E-state index in [9.17, 15) is 9.18 Å². The van der Waals surface area contributed by atoms with E-state index in [2.05, 4.69) is 20.3 Å². The van der Waals surface area contributed by atoms with E-state index >= 15 is 0 Å². The first-order chi connectivity index (χ1) is 15.1. The number of nitrogens with one attached hydrogen (secondary N) is 1. The maximum atomic E-state index is 13.0. The zero-order valence-corrected chi connectivity index (χ0v) is 18.3. The van der Waals surface area contributed by atoms with Crippen molar-refractivity contribution in [2.75, 3.05) is 18.4 Å². The third-order valence-electron chi connectivity index (χ3n) is 5.34. The number of aromatic nitrogens is 3. The fourth-order valence-corrected chi connectivity index (χ4v) is 4.29. The van der Waals surface area contributed by atoms with E-state index in [1.807, 2.05) is 18.5 Å². The Bertz CT molecular complexity index is 996. The molecular formula is C22H26FN5O2S. The minimum atomic E-state index is -0.280. The van der Waals surface area contributed by atoms with Gasteiger partial charge in [0.05, 0.1) is 17.6 Å². The molecule has 9 heteroatoms. The van der Waals surface area contributed by atoms with Crippen molar-refractivity contribution in [2.24, 2.45) is 5.92 Å². The lowest BCUT2D eigenvalue weighted by Crippen LogP contribution is -2.37. The van der Waals surface area contributed by atoms with Crippen molar-refractivity contribution < 1.29 is 13.9 Å². The number of rotatable bonds is 8. The Kier molecular flexibility index (Phi) is 6.93. The highest BCUT2D eigenvalue weighted by Gasteiger charge is 2.25. The van der Waals surface area contributed by atoms with Gasteiger partial charge in [-0.25, -0.2) is 9.37 Å². The van der Waals surface area contributed by atoms with Crippen molar-refractivity contribution in [1.82, 2.24) is 19.7 Å². The average Bonchev–Trinajstić information content (AvgIpc) is 3.43. The number of hydrogen-bond donors (Lipinski definition) is 1. The maximum Gasteiger partial charge on any atom is 0.227 e. The Balaban J connectivity index is 1.21. The van der Waals surface area contributed by atoms with Crippen LogP contribution in [0.3, 0.4) is 0 Å². The van der Waals surface area contributed by atoms with Crippen molar-refractivity contribution in [3.8, 4) is 5.75 Å². The van der Waals surface area contributed by atoms with Gasteiger partial charge in [-0.2, -0.15) is 5.10 Å². The summed E-state index contributed by atoms with van der Waals surface area (Å²) in [4.78, 5) is 19.5. The molecule has 1 amide bonds. The van der Waals surface area contributed by atoms with Crippen molar-refractivity contribution >= 4 is 22.9 Å². The number of benzene rings is 1. The highest BCUT2D eigenvalue weighted by molar-refractivity contribution is 7.09. The molecule has 1 aliphatic rings. The third-order valence-corrected chi connectivity index (χ3v) is 6.22. The second-order valence-corrected chi connectivity index (χ2v) is 8.54. The molecule has 0 saturated carbocycles. The van der Waals surface area contributed by atoms with Crippen LogP contribution in [0.1, 0.15) is 30.5 Å². The van der Waals surface area contributed by atoms with Gasteiger partial charge in [-0.15, -0.1) is 11.3 Å². The number of likely N-dealkylation sites (tertiary alicyclic amines) is 1. The number of anilines is 1. The molecule has 4 rings (SSSR count). The zero-order chi connectivity index (χ0) is 21.6. The molecule has 0 spiro atoms. The Morgan fingerprint density at radius 1 is 1.29 bits per heavy atom. The second-order valence-electron chi connectivity index (χ2n) is 7.60. The van der Waals surface area contributed by atoms with Crippen molar-refractivity contribution in [1.29, 1.82) is 0 Å². The van der Waals surface area contributed by atoms with Crippen LogP contribution in [0.25, 0.3) is 0 Å². The van der Waals surface area contributed by atoms with Gasteiger partial charge in [0, 0.05) is 30.6 Å². The predicted molar refractivity (Wildman–Crippen MR) is 117 cm³/mol. The van der Waals surface area contributed by atoms with E-state index in [0.717, 1.165) is 55.4 Å². The van der Waals surface area contributed by atoms with Crippen LogP contribution >= 0.6 is 11.3 Å². The number of ether oxygens (including phenoxy) is 1. The van der Waals surface area contributed by atoms with Gasteiger partial charge in [-0.3, -0.25) is 14.4 Å². The summed E-state index contributed by atoms with van der Waals surface area (Å²) in [6.07, 6.45) is 5.21. The van der Waals surface area contributed by atoms with Gasteiger partial charge in [0.2, 0.25) is 5.91 Å². The number of nitrogens with zero attached hydrogens (tertiary/aromatic N) is 4. The molecule has 0 radical (unpaired) electrons. The number of aryl methyl sites for hydroxylation is 1. The van der Waals surface area contributed by atoms with Crippen LogP contribution in [0, 0.1) is 11.7 Å². The largest absolute Gasteiger partial charge is 0.486 e. The first kappa shape index (κ1) is 21.5. The number of carbonyl (C=O) groups excluding carboxylic acids is 1. The number of piperidine rings is 1. The van der Waals surface area contributed by atoms with Gasteiger partial charge in [-0.05, 0) is 57.1 Å². The fraction of sp³-hybridized carbons (Fsp3) is 0.409. The van der Waals surface area contributed by atoms with Crippen LogP contribution in [0.4, 0.5) is 10.1 Å². The Labute approximate surface area is 184 Å². The predicted octanol–water partition coefficient (Wildman–Crippen LogP) is 3.93. The SMILES string of the molecule is CCn1cc(NC(=O)C2CCN(Cc3csc(COc4ccc(F)cc4)n3)CC2)cn1. The number of hydrogen-bond acceptors (Lipinski definition) is 6. The molecule has 164 valence electrons. The maximum absolute atomic E-state index is 13.0. The van der Waals surface area contributed by atoms with Crippen molar-refractivity contribution in [2.45, 2.75) is 39.5 Å². The van der Waals surface area contributed by atoms with Crippen LogP contribution < -0.4 is 10.1 Å². The summed E-state index contributed by atoms with van der Waals surface area (Å²) in [7, 11) is 0. The average molecular weight is 444 g/mol. The standard InChI is InChI=1S/C22H26FN5O2S/c1-2-28-13-18(11-24-28)26-22(29)16-7-9-27(10-8-16)12-19-15-31-21(25-19)14-30-20-5-3-17(23)4-6-20/h3-6,11,13,15-16H,2,7-10,12,14H2,1H3,(H,26,29). The summed E-state index contributed by atoms with van der Waals surface area (Å²) in [6, 6.07) is 5.98. The van der Waals surface area contributed by atoms with E-state index in [1.54, 1.807) is 34.3 Å². The Hall–Kier alpha value is -2.78. The molecule has 2 aromatic heterocycles. The molecule has 0 bridgehead atoms. The molecule has 1 saturated heterocycles. The van der Waals surface area contributed by atoms with Gasteiger partial charge in [-0.1, -0.05) is 0 Å². The minimum absolute atomic E-state index is 0.0244. The molecule has 1 N–H and O–H groups in total. The van der Waals surface area contributed by atoms with Crippen LogP contribution in [0.5, 0.6) is 5.75 Å². The molecule has 1 fully saturated rings. The Morgan fingerprint density at radius 3 is 2.77 bits per heavy atom. The number of amides is 1. The van der Waals surface area contributed by atoms with Crippen molar-refractivity contribution in [3.63, 3.8) is 0 Å². The summed E-state index contributed by atoms with van der Waals surface area (Å²) in [5, 5.41) is 10.1. The molecule has 0 aliphatic carbocycles. The molecule has 1 aliphatic heterocycles. The van der Waals surface area contributed by atoms with E-state index in [-0.39, 0.29) is 17.6 Å². The summed E-state index contributed by atoms with van der Waals surface area (Å²) < 4.78 is 20.4.